The highest BCUT2D eigenvalue weighted by atomic mass is 19.1. The lowest BCUT2D eigenvalue weighted by molar-refractivity contribution is 0.201. The molecule has 5 aromatic rings. The summed E-state index contributed by atoms with van der Waals surface area (Å²) in [6, 6.07) is 8.22. The maximum Gasteiger partial charge on any atom is 0.225 e. The molecule has 0 unspecified atom stereocenters. The van der Waals surface area contributed by atoms with Gasteiger partial charge in [-0.3, -0.25) is 4.90 Å². The molecule has 1 fully saturated rings. The monoisotopic (exact) mass is 507 g/mol. The number of benzene rings is 1. The molecule has 0 saturated carbocycles. The van der Waals surface area contributed by atoms with Crippen LogP contribution in [0.2, 0.25) is 0 Å². The molecule has 0 spiro atoms. The summed E-state index contributed by atoms with van der Waals surface area (Å²) in [6.07, 6.45) is 3.30. The van der Waals surface area contributed by atoms with Gasteiger partial charge in [0, 0.05) is 45.3 Å². The van der Waals surface area contributed by atoms with Gasteiger partial charge in [-0.25, -0.2) is 14.4 Å². The Morgan fingerprint density at radius 1 is 1.08 bits per heavy atom. The van der Waals surface area contributed by atoms with E-state index >= 15 is 0 Å². The van der Waals surface area contributed by atoms with E-state index in [4.69, 9.17) is 20.0 Å². The highest BCUT2D eigenvalue weighted by Crippen LogP contribution is 2.27. The summed E-state index contributed by atoms with van der Waals surface area (Å²) in [6.45, 7) is 4.47. The number of anilines is 2. The molecule has 12 nitrogen and oxygen atoms in total. The number of halogens is 1. The Morgan fingerprint density at radius 3 is 2.73 bits per heavy atom. The fourth-order valence-corrected chi connectivity index (χ4v) is 4.56. The first-order valence-corrected chi connectivity index (χ1v) is 12.0. The molecule has 5 heterocycles. The van der Waals surface area contributed by atoms with Crippen molar-refractivity contribution in [1.82, 2.24) is 34.0 Å². The van der Waals surface area contributed by atoms with Crippen LogP contribution in [0.25, 0.3) is 28.4 Å². The number of imidazole rings is 1. The molecule has 37 heavy (non-hydrogen) atoms. The average Bonchev–Trinajstić information content (AvgIpc) is 3.67. The zero-order valence-electron chi connectivity index (χ0n) is 20.0. The van der Waals surface area contributed by atoms with Crippen molar-refractivity contribution in [1.29, 1.82) is 0 Å². The van der Waals surface area contributed by atoms with E-state index < -0.39 is 0 Å². The Hall–Kier alpha value is -4.23. The van der Waals surface area contributed by atoms with Crippen LogP contribution in [0.4, 0.5) is 16.0 Å². The Morgan fingerprint density at radius 2 is 1.95 bits per heavy atom. The fraction of sp³-hybridized carbons (Fsp3) is 0.333. The lowest BCUT2D eigenvalue weighted by Crippen LogP contribution is -2.47. The zero-order chi connectivity index (χ0) is 25.4. The van der Waals surface area contributed by atoms with Gasteiger partial charge in [-0.15, -0.1) is 5.10 Å². The average molecular weight is 508 g/mol. The highest BCUT2D eigenvalue weighted by Gasteiger charge is 2.21. The second-order valence-corrected chi connectivity index (χ2v) is 8.74. The topological polar surface area (TPSA) is 136 Å². The Bertz CT molecular complexity index is 1520. The molecular weight excluding hydrogens is 481 g/mol. The van der Waals surface area contributed by atoms with Gasteiger partial charge in [0.2, 0.25) is 11.8 Å². The molecule has 13 heteroatoms. The number of aromatic nitrogens is 6. The molecule has 6 rings (SSSR count). The van der Waals surface area contributed by atoms with Gasteiger partial charge in [0.05, 0.1) is 24.9 Å². The number of rotatable bonds is 8. The summed E-state index contributed by atoms with van der Waals surface area (Å²) < 4.78 is 28.8. The Balaban J connectivity index is 1.13. The number of aliphatic hydroxyl groups excluding tert-OH is 1. The van der Waals surface area contributed by atoms with E-state index in [1.807, 2.05) is 9.47 Å². The fourth-order valence-electron chi connectivity index (χ4n) is 4.56. The summed E-state index contributed by atoms with van der Waals surface area (Å²) >= 11 is 0. The van der Waals surface area contributed by atoms with Gasteiger partial charge in [-0.2, -0.15) is 9.50 Å². The lowest BCUT2D eigenvalue weighted by atomic mass is 10.2. The second kappa shape index (κ2) is 9.67. The molecular formula is C24H26FN9O3. The molecule has 1 aliphatic rings. The Kier molecular flexibility index (Phi) is 6.06. The van der Waals surface area contributed by atoms with E-state index in [9.17, 15) is 4.39 Å². The van der Waals surface area contributed by atoms with Crippen molar-refractivity contribution in [3.8, 4) is 17.3 Å². The van der Waals surface area contributed by atoms with E-state index in [2.05, 4.69) is 25.0 Å². The second-order valence-electron chi connectivity index (χ2n) is 8.74. The van der Waals surface area contributed by atoms with Crippen molar-refractivity contribution in [3.05, 3.63) is 48.7 Å². The molecule has 0 amide bonds. The van der Waals surface area contributed by atoms with Crippen molar-refractivity contribution in [3.63, 3.8) is 0 Å². The minimum Gasteiger partial charge on any atom is -0.491 e. The number of hydrogen-bond acceptors (Lipinski definition) is 10. The minimum absolute atomic E-state index is 0.0878. The molecule has 0 aliphatic carbocycles. The number of nitrogens with two attached hydrogens (primary N) is 1. The van der Waals surface area contributed by atoms with Gasteiger partial charge in [-0.05, 0) is 24.3 Å². The van der Waals surface area contributed by atoms with Gasteiger partial charge in [0.15, 0.2) is 22.6 Å². The summed E-state index contributed by atoms with van der Waals surface area (Å²) in [4.78, 5) is 18.0. The minimum atomic E-state index is -0.284. The first-order valence-electron chi connectivity index (χ1n) is 12.0. The third-order valence-electron chi connectivity index (χ3n) is 6.46. The number of nitrogen functional groups attached to an aromatic ring is 1. The molecule has 0 radical (unpaired) electrons. The van der Waals surface area contributed by atoms with Crippen LogP contribution in [-0.4, -0.2) is 85.1 Å². The maximum absolute atomic E-state index is 14.5. The van der Waals surface area contributed by atoms with Crippen LogP contribution in [0.15, 0.2) is 47.3 Å². The van der Waals surface area contributed by atoms with Crippen molar-refractivity contribution >= 4 is 28.4 Å². The van der Waals surface area contributed by atoms with Crippen molar-refractivity contribution in [2.75, 3.05) is 56.6 Å². The SMILES string of the molecule is Nc1nc2c(ncn2CCN2CCN(c3cc(OCCO)ccc3F)CC2)c2nc(-c3ccco3)nn12. The standard InChI is InChI=1S/C24H26FN9O3/c25-17-4-3-16(36-13-11-35)14-18(17)32-8-5-31(6-9-32)7-10-33-15-27-20-22(33)29-24(26)34-23(20)28-21(30-34)19-2-1-12-37-19/h1-4,12,14-15,35H,5-11,13H2,(H2,26,29). The van der Waals surface area contributed by atoms with E-state index in [1.54, 1.807) is 36.9 Å². The number of furan rings is 1. The largest absolute Gasteiger partial charge is 0.491 e. The van der Waals surface area contributed by atoms with Gasteiger partial charge in [0.1, 0.15) is 18.2 Å². The third kappa shape index (κ3) is 4.42. The molecule has 1 saturated heterocycles. The van der Waals surface area contributed by atoms with Gasteiger partial charge < -0.3 is 29.5 Å². The molecule has 4 aromatic heterocycles. The molecule has 0 atom stereocenters. The van der Waals surface area contributed by atoms with Gasteiger partial charge in [-0.1, -0.05) is 0 Å². The molecule has 1 aliphatic heterocycles. The summed E-state index contributed by atoms with van der Waals surface area (Å²) in [5.74, 6) is 1.44. The number of ether oxygens (including phenoxy) is 1. The molecule has 1 aromatic carbocycles. The predicted octanol–water partition coefficient (Wildman–Crippen LogP) is 1.65. The summed E-state index contributed by atoms with van der Waals surface area (Å²) in [5.41, 5.74) is 8.48. The number of piperazine rings is 1. The molecule has 192 valence electrons. The van der Waals surface area contributed by atoms with Crippen LogP contribution >= 0.6 is 0 Å². The lowest BCUT2D eigenvalue weighted by Gasteiger charge is -2.36. The van der Waals surface area contributed by atoms with Crippen LogP contribution in [-0.2, 0) is 6.54 Å². The molecule has 3 N–H and O–H groups in total. The van der Waals surface area contributed by atoms with Crippen LogP contribution in [0.5, 0.6) is 5.75 Å². The van der Waals surface area contributed by atoms with E-state index in [0.29, 0.717) is 59.5 Å². The van der Waals surface area contributed by atoms with E-state index in [0.717, 1.165) is 19.6 Å². The summed E-state index contributed by atoms with van der Waals surface area (Å²) in [7, 11) is 0. The zero-order valence-corrected chi connectivity index (χ0v) is 20.0. The first kappa shape index (κ1) is 23.2. The van der Waals surface area contributed by atoms with Crippen molar-refractivity contribution in [2.24, 2.45) is 0 Å². The summed E-state index contributed by atoms with van der Waals surface area (Å²) in [5, 5.41) is 13.4. The highest BCUT2D eigenvalue weighted by molar-refractivity contribution is 5.87. The van der Waals surface area contributed by atoms with Crippen LogP contribution in [0.1, 0.15) is 0 Å². The number of hydrogen-bond donors (Lipinski definition) is 2. The first-order chi connectivity index (χ1) is 18.1. The predicted molar refractivity (Wildman–Crippen MR) is 134 cm³/mol. The smallest absolute Gasteiger partial charge is 0.225 e. The van der Waals surface area contributed by atoms with Crippen LogP contribution in [0.3, 0.4) is 0 Å². The quantitative estimate of drug-likeness (QED) is 0.319. The van der Waals surface area contributed by atoms with Crippen molar-refractivity contribution < 1.29 is 18.7 Å². The third-order valence-corrected chi connectivity index (χ3v) is 6.46. The normalized spacial score (nSPS) is 14.7. The van der Waals surface area contributed by atoms with E-state index in [-0.39, 0.29) is 25.0 Å². The van der Waals surface area contributed by atoms with Crippen LogP contribution in [0, 0.1) is 5.82 Å². The van der Waals surface area contributed by atoms with Crippen LogP contribution < -0.4 is 15.4 Å². The Labute approximate surface area is 210 Å². The van der Waals surface area contributed by atoms with Gasteiger partial charge in [0.25, 0.3) is 0 Å². The maximum atomic E-state index is 14.5. The molecule has 0 bridgehead atoms. The van der Waals surface area contributed by atoms with Crippen molar-refractivity contribution in [2.45, 2.75) is 6.54 Å². The van der Waals surface area contributed by atoms with Gasteiger partial charge >= 0.3 is 0 Å². The van der Waals surface area contributed by atoms with E-state index in [1.165, 1.54) is 10.6 Å². The number of aliphatic hydroxyl groups is 1. The number of fused-ring (bicyclic) bond motifs is 3. The number of nitrogens with zero attached hydrogens (tertiary/aromatic N) is 8.